The molecule has 6 heteroatoms. The van der Waals surface area contributed by atoms with Gasteiger partial charge in [0, 0.05) is 4.90 Å². The molecule has 0 heterocycles. The van der Waals surface area contributed by atoms with Crippen LogP contribution >= 0.6 is 23.4 Å². The first-order valence-corrected chi connectivity index (χ1v) is 7.85. The summed E-state index contributed by atoms with van der Waals surface area (Å²) in [5.41, 5.74) is 5.53. The number of nitrogens with two attached hydrogens (primary N) is 1. The summed E-state index contributed by atoms with van der Waals surface area (Å²) >= 11 is 7.18. The van der Waals surface area contributed by atoms with E-state index in [2.05, 4.69) is 0 Å². The van der Waals surface area contributed by atoms with Gasteiger partial charge in [-0.2, -0.15) is 0 Å². The van der Waals surface area contributed by atoms with Crippen LogP contribution in [-0.4, -0.2) is 17.3 Å². The highest BCUT2D eigenvalue weighted by Gasteiger charge is 2.24. The molecule has 20 heavy (non-hydrogen) atoms. The maximum absolute atomic E-state index is 13.2. The molecule has 1 fully saturated rings. The average Bonchev–Trinajstić information content (AvgIpc) is 2.88. The molecular formula is C14H17ClFNO2S. The maximum atomic E-state index is 13.2. The van der Waals surface area contributed by atoms with Crippen LogP contribution in [0.5, 0.6) is 0 Å². The monoisotopic (exact) mass is 317 g/mol. The minimum Gasteiger partial charge on any atom is -0.462 e. The Morgan fingerprint density at radius 3 is 2.80 bits per heavy atom. The van der Waals surface area contributed by atoms with Crippen molar-refractivity contribution in [3.05, 3.63) is 23.0 Å². The van der Waals surface area contributed by atoms with Gasteiger partial charge in [0.2, 0.25) is 0 Å². The summed E-state index contributed by atoms with van der Waals surface area (Å²) in [6.07, 6.45) is 4.14. The third-order valence-electron chi connectivity index (χ3n) is 3.27. The number of anilines is 1. The Labute approximate surface area is 127 Å². The van der Waals surface area contributed by atoms with E-state index < -0.39 is 11.1 Å². The fourth-order valence-electron chi connectivity index (χ4n) is 2.14. The zero-order valence-electron chi connectivity index (χ0n) is 11.2. The average molecular weight is 318 g/mol. The van der Waals surface area contributed by atoms with Crippen LogP contribution in [0.4, 0.5) is 10.1 Å². The zero-order chi connectivity index (χ0) is 14.7. The molecule has 0 amide bonds. The Hall–Kier alpha value is -0.940. The van der Waals surface area contributed by atoms with Gasteiger partial charge in [-0.25, -0.2) is 4.39 Å². The fourth-order valence-corrected chi connectivity index (χ4v) is 3.32. The molecule has 0 bridgehead atoms. The van der Waals surface area contributed by atoms with E-state index in [1.54, 1.807) is 6.92 Å². The Kier molecular flexibility index (Phi) is 5.16. The first kappa shape index (κ1) is 15.4. The Morgan fingerprint density at radius 2 is 2.15 bits per heavy atom. The lowest BCUT2D eigenvalue weighted by Crippen LogP contribution is -2.22. The van der Waals surface area contributed by atoms with Crippen molar-refractivity contribution >= 4 is 35.0 Å². The number of hydrogen-bond donors (Lipinski definition) is 1. The molecule has 0 aliphatic heterocycles. The number of carbonyl (C=O) groups excluding carboxylic acids is 1. The molecule has 0 radical (unpaired) electrons. The summed E-state index contributed by atoms with van der Waals surface area (Å²) in [7, 11) is 0. The molecule has 2 N–H and O–H groups in total. The van der Waals surface area contributed by atoms with Crippen molar-refractivity contribution in [2.24, 2.45) is 0 Å². The van der Waals surface area contributed by atoms with Crippen molar-refractivity contribution in [2.75, 3.05) is 5.73 Å². The highest BCUT2D eigenvalue weighted by Crippen LogP contribution is 2.34. The van der Waals surface area contributed by atoms with Gasteiger partial charge in [0.15, 0.2) is 0 Å². The highest BCUT2D eigenvalue weighted by molar-refractivity contribution is 8.00. The number of benzene rings is 1. The van der Waals surface area contributed by atoms with Gasteiger partial charge in [0.05, 0.1) is 10.7 Å². The molecule has 1 unspecified atom stereocenters. The molecule has 1 aliphatic rings. The molecule has 1 atom stereocenters. The topological polar surface area (TPSA) is 52.3 Å². The minimum atomic E-state index is -0.555. The second kappa shape index (κ2) is 6.68. The van der Waals surface area contributed by atoms with Gasteiger partial charge in [-0.15, -0.1) is 11.8 Å². The normalized spacial score (nSPS) is 17.1. The van der Waals surface area contributed by atoms with Crippen LogP contribution < -0.4 is 5.73 Å². The first-order valence-electron chi connectivity index (χ1n) is 6.59. The van der Waals surface area contributed by atoms with Crippen LogP contribution in [0.2, 0.25) is 5.02 Å². The van der Waals surface area contributed by atoms with Crippen LogP contribution in [0.1, 0.15) is 32.6 Å². The SMILES string of the molecule is CC(Sc1cc(N)c(F)cc1Cl)C(=O)OC1CCCC1. The molecule has 2 rings (SSSR count). The molecule has 1 aromatic carbocycles. The largest absolute Gasteiger partial charge is 0.462 e. The Balaban J connectivity index is 1.98. The van der Waals surface area contributed by atoms with Crippen LogP contribution in [-0.2, 0) is 9.53 Å². The molecular weight excluding hydrogens is 301 g/mol. The third kappa shape index (κ3) is 3.79. The van der Waals surface area contributed by atoms with Crippen molar-refractivity contribution in [3.63, 3.8) is 0 Å². The minimum absolute atomic E-state index is 0.0215. The van der Waals surface area contributed by atoms with E-state index in [4.69, 9.17) is 22.1 Å². The third-order valence-corrected chi connectivity index (χ3v) is 4.83. The molecule has 0 aromatic heterocycles. The summed E-state index contributed by atoms with van der Waals surface area (Å²) in [5, 5.41) is -0.153. The number of carbonyl (C=O) groups is 1. The lowest BCUT2D eigenvalue weighted by Gasteiger charge is -2.16. The summed E-state index contributed by atoms with van der Waals surface area (Å²) < 4.78 is 18.6. The van der Waals surface area contributed by atoms with E-state index in [-0.39, 0.29) is 22.8 Å². The van der Waals surface area contributed by atoms with E-state index in [9.17, 15) is 9.18 Å². The number of ether oxygens (including phenoxy) is 1. The van der Waals surface area contributed by atoms with E-state index in [0.717, 1.165) is 31.7 Å². The molecule has 1 saturated carbocycles. The van der Waals surface area contributed by atoms with Crippen molar-refractivity contribution in [2.45, 2.75) is 48.9 Å². The van der Waals surface area contributed by atoms with Gasteiger partial charge in [0.25, 0.3) is 0 Å². The number of rotatable bonds is 4. The predicted octanol–water partition coefficient (Wildman–Crippen LogP) is 4.03. The number of esters is 1. The van der Waals surface area contributed by atoms with Gasteiger partial charge >= 0.3 is 5.97 Å². The van der Waals surface area contributed by atoms with E-state index in [0.29, 0.717) is 4.90 Å². The fraction of sp³-hybridized carbons (Fsp3) is 0.500. The van der Waals surface area contributed by atoms with Crippen molar-refractivity contribution in [3.8, 4) is 0 Å². The van der Waals surface area contributed by atoms with E-state index >= 15 is 0 Å². The number of hydrogen-bond acceptors (Lipinski definition) is 4. The standard InChI is InChI=1S/C14H17ClFNO2S/c1-8(14(18)19-9-4-2-3-5-9)20-13-7-12(17)11(16)6-10(13)15/h6-9H,2-5,17H2,1H3. The number of halogens is 2. The summed E-state index contributed by atoms with van der Waals surface area (Å²) in [6, 6.07) is 2.61. The summed E-state index contributed by atoms with van der Waals surface area (Å²) in [4.78, 5) is 12.6. The highest BCUT2D eigenvalue weighted by atomic mass is 35.5. The smallest absolute Gasteiger partial charge is 0.319 e. The molecule has 110 valence electrons. The van der Waals surface area contributed by atoms with Crippen LogP contribution in [0, 0.1) is 5.82 Å². The van der Waals surface area contributed by atoms with Gasteiger partial charge in [-0.3, -0.25) is 4.79 Å². The number of nitrogen functional groups attached to an aromatic ring is 1. The second-order valence-corrected chi connectivity index (χ2v) is 6.70. The maximum Gasteiger partial charge on any atom is 0.319 e. The molecule has 3 nitrogen and oxygen atoms in total. The van der Waals surface area contributed by atoms with Crippen LogP contribution in [0.3, 0.4) is 0 Å². The first-order chi connectivity index (χ1) is 9.47. The van der Waals surface area contributed by atoms with Crippen LogP contribution in [0.25, 0.3) is 0 Å². The molecule has 1 aliphatic carbocycles. The zero-order valence-corrected chi connectivity index (χ0v) is 12.8. The van der Waals surface area contributed by atoms with Crippen molar-refractivity contribution < 1.29 is 13.9 Å². The van der Waals surface area contributed by atoms with Gasteiger partial charge in [0.1, 0.15) is 17.2 Å². The Bertz CT molecular complexity index is 506. The molecule has 1 aromatic rings. The van der Waals surface area contributed by atoms with Crippen LogP contribution in [0.15, 0.2) is 17.0 Å². The Morgan fingerprint density at radius 1 is 1.50 bits per heavy atom. The van der Waals surface area contributed by atoms with Gasteiger partial charge in [-0.05, 0) is 44.7 Å². The van der Waals surface area contributed by atoms with Crippen molar-refractivity contribution in [1.29, 1.82) is 0 Å². The van der Waals surface area contributed by atoms with E-state index in [1.807, 2.05) is 0 Å². The second-order valence-electron chi connectivity index (χ2n) is 4.91. The van der Waals surface area contributed by atoms with Gasteiger partial charge in [-0.1, -0.05) is 11.6 Å². The molecule has 0 saturated heterocycles. The van der Waals surface area contributed by atoms with E-state index in [1.165, 1.54) is 17.8 Å². The van der Waals surface area contributed by atoms with Crippen molar-refractivity contribution in [1.82, 2.24) is 0 Å². The summed E-state index contributed by atoms with van der Waals surface area (Å²) in [5.74, 6) is -0.818. The quantitative estimate of drug-likeness (QED) is 0.517. The molecule has 0 spiro atoms. The predicted molar refractivity (Wildman–Crippen MR) is 79.5 cm³/mol. The van der Waals surface area contributed by atoms with Gasteiger partial charge < -0.3 is 10.5 Å². The lowest BCUT2D eigenvalue weighted by molar-refractivity contribution is -0.147. The summed E-state index contributed by atoms with van der Waals surface area (Å²) in [6.45, 7) is 1.75. The number of thioether (sulfide) groups is 1. The lowest BCUT2D eigenvalue weighted by atomic mass is 10.3.